The molecule has 1 aromatic heterocycles. The molecule has 4 rings (SSSR count). The number of fused-ring (bicyclic) bond motifs is 1. The molecule has 2 aliphatic rings. The number of nitrogens with one attached hydrogen (secondary N) is 4. The first-order valence-corrected chi connectivity index (χ1v) is 11.0. The summed E-state index contributed by atoms with van der Waals surface area (Å²) in [6, 6.07) is 8.94. The van der Waals surface area contributed by atoms with E-state index >= 15 is 0 Å². The Morgan fingerprint density at radius 3 is 2.71 bits per heavy atom. The Hall–Kier alpha value is -2.58. The topological polar surface area (TPSA) is 100 Å². The van der Waals surface area contributed by atoms with Gasteiger partial charge in [-0.25, -0.2) is 9.48 Å². The first-order valence-electron chi connectivity index (χ1n) is 10.7. The maximum absolute atomic E-state index is 12.6. The summed E-state index contributed by atoms with van der Waals surface area (Å²) in [5.41, 5.74) is 1.55. The molecule has 31 heavy (non-hydrogen) atoms. The predicted molar refractivity (Wildman–Crippen MR) is 120 cm³/mol. The molecular formula is C22H29ClN6O2. The Labute approximate surface area is 187 Å². The van der Waals surface area contributed by atoms with Crippen LogP contribution in [0.1, 0.15) is 57.6 Å². The van der Waals surface area contributed by atoms with Crippen molar-refractivity contribution in [3.63, 3.8) is 0 Å². The molecule has 0 bridgehead atoms. The van der Waals surface area contributed by atoms with Gasteiger partial charge in [-0.15, -0.1) is 0 Å². The summed E-state index contributed by atoms with van der Waals surface area (Å²) in [6.07, 6.45) is 2.40. The molecule has 2 fully saturated rings. The Morgan fingerprint density at radius 2 is 2.00 bits per heavy atom. The highest BCUT2D eigenvalue weighted by molar-refractivity contribution is 6.30. The van der Waals surface area contributed by atoms with Crippen LogP contribution in [0.2, 0.25) is 5.02 Å². The Morgan fingerprint density at radius 1 is 1.26 bits per heavy atom. The monoisotopic (exact) mass is 444 g/mol. The van der Waals surface area contributed by atoms with Crippen molar-refractivity contribution in [1.29, 1.82) is 0 Å². The maximum Gasteiger partial charge on any atom is 0.320 e. The Kier molecular flexibility index (Phi) is 5.94. The fraction of sp³-hybridized carbons (Fsp3) is 0.500. The number of aromatic nitrogens is 2. The van der Waals surface area contributed by atoms with Crippen LogP contribution in [0.3, 0.4) is 0 Å². The molecule has 4 N–H and O–H groups in total. The number of nitrogens with zero attached hydrogens (tertiary/aromatic N) is 2. The number of halogens is 1. The molecule has 1 aromatic carbocycles. The van der Waals surface area contributed by atoms with Gasteiger partial charge in [0.2, 0.25) is 5.91 Å². The molecule has 1 aliphatic heterocycles. The highest BCUT2D eigenvalue weighted by Gasteiger charge is 2.40. The molecule has 1 saturated heterocycles. The highest BCUT2D eigenvalue weighted by atomic mass is 35.5. The number of rotatable bonds is 4. The normalized spacial score (nSPS) is 23.2. The summed E-state index contributed by atoms with van der Waals surface area (Å²) in [6.45, 7) is 6.54. The van der Waals surface area contributed by atoms with Crippen molar-refractivity contribution in [2.75, 3.05) is 5.32 Å². The zero-order valence-electron chi connectivity index (χ0n) is 18.0. The maximum atomic E-state index is 12.6. The summed E-state index contributed by atoms with van der Waals surface area (Å²) in [7, 11) is 0. The van der Waals surface area contributed by atoms with Gasteiger partial charge in [0.15, 0.2) is 6.29 Å². The summed E-state index contributed by atoms with van der Waals surface area (Å²) in [4.78, 5) is 25.2. The van der Waals surface area contributed by atoms with Crippen LogP contribution in [0.5, 0.6) is 0 Å². The number of benzene rings is 1. The molecule has 0 radical (unpaired) electrons. The van der Waals surface area contributed by atoms with Gasteiger partial charge in [0.25, 0.3) is 0 Å². The summed E-state index contributed by atoms with van der Waals surface area (Å²) in [5, 5.41) is 17.6. The van der Waals surface area contributed by atoms with Crippen molar-refractivity contribution >= 4 is 29.4 Å². The molecule has 166 valence electrons. The van der Waals surface area contributed by atoms with Crippen molar-refractivity contribution in [2.45, 2.75) is 64.3 Å². The molecule has 1 saturated carbocycles. The Bertz CT molecular complexity index is 965. The fourth-order valence-corrected chi connectivity index (χ4v) is 4.21. The predicted octanol–water partition coefficient (Wildman–Crippen LogP) is 3.50. The fourth-order valence-electron chi connectivity index (χ4n) is 4.09. The summed E-state index contributed by atoms with van der Waals surface area (Å²) < 4.78 is 1.66. The molecule has 2 aromatic rings. The SMILES string of the molecule is CC(C)(C)c1cc(NC(=O)NCc2ccc(Cl)cc2)n(C2NC(=O)C3CCCC3N2)n1. The smallest absolute Gasteiger partial charge is 0.320 e. The largest absolute Gasteiger partial charge is 0.334 e. The lowest BCUT2D eigenvalue weighted by Gasteiger charge is -2.34. The number of anilines is 1. The zero-order chi connectivity index (χ0) is 22.2. The van der Waals surface area contributed by atoms with Gasteiger partial charge >= 0.3 is 6.03 Å². The van der Waals surface area contributed by atoms with Crippen LogP contribution in [-0.4, -0.2) is 27.8 Å². The van der Waals surface area contributed by atoms with E-state index in [0.717, 1.165) is 30.5 Å². The number of amides is 3. The van der Waals surface area contributed by atoms with E-state index in [4.69, 9.17) is 16.7 Å². The minimum absolute atomic E-state index is 0.00739. The van der Waals surface area contributed by atoms with E-state index in [-0.39, 0.29) is 29.3 Å². The third-order valence-electron chi connectivity index (χ3n) is 5.86. The standard InChI is InChI=1S/C22H29ClN6O2/c1-22(2,3)17-11-18(26-21(31)24-12-13-7-9-14(23)10-8-13)29(28-17)20-25-16-6-4-5-15(16)19(30)27-20/h7-11,15-16,20,25H,4-6,12H2,1-3H3,(H,27,30)(H2,24,26,31). The second kappa shape index (κ2) is 8.51. The minimum atomic E-state index is -0.505. The Balaban J connectivity index is 1.50. The molecule has 8 nitrogen and oxygen atoms in total. The van der Waals surface area contributed by atoms with E-state index in [0.29, 0.717) is 17.4 Å². The second-order valence-electron chi connectivity index (χ2n) is 9.27. The van der Waals surface area contributed by atoms with Crippen LogP contribution in [0.15, 0.2) is 30.3 Å². The van der Waals surface area contributed by atoms with Crippen LogP contribution in [0, 0.1) is 5.92 Å². The summed E-state index contributed by atoms with van der Waals surface area (Å²) in [5.74, 6) is 0.568. The summed E-state index contributed by atoms with van der Waals surface area (Å²) >= 11 is 5.91. The molecule has 1 aliphatic carbocycles. The van der Waals surface area contributed by atoms with E-state index in [9.17, 15) is 9.59 Å². The number of carbonyl (C=O) groups is 2. The van der Waals surface area contributed by atoms with Gasteiger partial charge in [0.1, 0.15) is 5.82 Å². The molecule has 9 heteroatoms. The molecular weight excluding hydrogens is 416 g/mol. The molecule has 3 unspecified atom stereocenters. The van der Waals surface area contributed by atoms with Crippen LogP contribution in [0.25, 0.3) is 0 Å². The van der Waals surface area contributed by atoms with Crippen LogP contribution >= 0.6 is 11.6 Å². The second-order valence-corrected chi connectivity index (χ2v) is 9.70. The lowest BCUT2D eigenvalue weighted by molar-refractivity contribution is -0.130. The minimum Gasteiger partial charge on any atom is -0.334 e. The number of hydrogen-bond donors (Lipinski definition) is 4. The lowest BCUT2D eigenvalue weighted by Crippen LogP contribution is -2.57. The molecule has 3 amide bonds. The van der Waals surface area contributed by atoms with Gasteiger partial charge < -0.3 is 10.6 Å². The lowest BCUT2D eigenvalue weighted by atomic mass is 9.92. The van der Waals surface area contributed by atoms with Crippen molar-refractivity contribution in [1.82, 2.24) is 25.7 Å². The van der Waals surface area contributed by atoms with Gasteiger partial charge in [0.05, 0.1) is 11.6 Å². The van der Waals surface area contributed by atoms with E-state index in [1.165, 1.54) is 0 Å². The van der Waals surface area contributed by atoms with Crippen LogP contribution in [0.4, 0.5) is 10.6 Å². The van der Waals surface area contributed by atoms with E-state index < -0.39 is 6.29 Å². The van der Waals surface area contributed by atoms with E-state index in [2.05, 4.69) is 42.0 Å². The van der Waals surface area contributed by atoms with Gasteiger partial charge in [-0.1, -0.05) is 50.9 Å². The van der Waals surface area contributed by atoms with Crippen LogP contribution < -0.4 is 21.3 Å². The average molecular weight is 445 g/mol. The molecule has 0 spiro atoms. The highest BCUT2D eigenvalue weighted by Crippen LogP contribution is 2.32. The van der Waals surface area contributed by atoms with E-state index in [1.54, 1.807) is 16.8 Å². The molecule has 2 heterocycles. The third kappa shape index (κ3) is 4.85. The van der Waals surface area contributed by atoms with Gasteiger partial charge in [-0.3, -0.25) is 15.4 Å². The quantitative estimate of drug-likeness (QED) is 0.579. The van der Waals surface area contributed by atoms with Crippen molar-refractivity contribution in [2.24, 2.45) is 5.92 Å². The average Bonchev–Trinajstić information content (AvgIpc) is 3.34. The van der Waals surface area contributed by atoms with Crippen molar-refractivity contribution < 1.29 is 9.59 Å². The van der Waals surface area contributed by atoms with Gasteiger partial charge in [0, 0.05) is 29.1 Å². The number of hydrogen-bond acceptors (Lipinski definition) is 4. The zero-order valence-corrected chi connectivity index (χ0v) is 18.8. The van der Waals surface area contributed by atoms with Gasteiger partial charge in [-0.2, -0.15) is 5.10 Å². The van der Waals surface area contributed by atoms with E-state index in [1.807, 2.05) is 18.2 Å². The first kappa shape index (κ1) is 21.6. The third-order valence-corrected chi connectivity index (χ3v) is 6.11. The van der Waals surface area contributed by atoms with Crippen molar-refractivity contribution in [3.8, 4) is 0 Å². The van der Waals surface area contributed by atoms with Gasteiger partial charge in [-0.05, 0) is 30.5 Å². The van der Waals surface area contributed by atoms with Crippen molar-refractivity contribution in [3.05, 3.63) is 46.6 Å². The number of urea groups is 1. The van der Waals surface area contributed by atoms with Crippen LogP contribution in [-0.2, 0) is 16.8 Å². The molecule has 3 atom stereocenters. The first-order chi connectivity index (χ1) is 14.7. The number of carbonyl (C=O) groups excluding carboxylic acids is 2.